The smallest absolute Gasteiger partial charge is 0.272 e. The third kappa shape index (κ3) is 1.84. The van der Waals surface area contributed by atoms with E-state index >= 15 is 0 Å². The first-order valence-electron chi connectivity index (χ1n) is 6.02. The molecule has 18 heavy (non-hydrogen) atoms. The number of pyridine rings is 1. The minimum Gasteiger partial charge on any atom is -0.335 e. The molecule has 3 rings (SSSR count). The summed E-state index contributed by atoms with van der Waals surface area (Å²) in [5.41, 5.74) is 1.14. The zero-order valence-electron chi connectivity index (χ0n) is 10.3. The Kier molecular flexibility index (Phi) is 2.71. The fourth-order valence-electron chi connectivity index (χ4n) is 2.18. The van der Waals surface area contributed by atoms with Crippen LogP contribution in [0.4, 0.5) is 0 Å². The van der Waals surface area contributed by atoms with Crippen molar-refractivity contribution in [2.45, 2.75) is 0 Å². The van der Waals surface area contributed by atoms with Crippen LogP contribution in [0.25, 0.3) is 11.0 Å². The van der Waals surface area contributed by atoms with Gasteiger partial charge in [-0.05, 0) is 19.2 Å². The molecule has 6 heteroatoms. The van der Waals surface area contributed by atoms with Crippen LogP contribution in [0.3, 0.4) is 0 Å². The van der Waals surface area contributed by atoms with Crippen molar-refractivity contribution in [2.75, 3.05) is 33.2 Å². The van der Waals surface area contributed by atoms with E-state index in [0.717, 1.165) is 31.6 Å². The van der Waals surface area contributed by atoms with Gasteiger partial charge in [-0.1, -0.05) is 0 Å². The molecule has 6 nitrogen and oxygen atoms in total. The first kappa shape index (κ1) is 11.2. The summed E-state index contributed by atoms with van der Waals surface area (Å²) in [7, 11) is 2.07. The minimum atomic E-state index is 0.0126. The van der Waals surface area contributed by atoms with Gasteiger partial charge in [0.1, 0.15) is 5.69 Å². The molecule has 0 aliphatic carbocycles. The van der Waals surface area contributed by atoms with Gasteiger partial charge in [0.2, 0.25) is 0 Å². The molecule has 1 N–H and O–H groups in total. The number of piperazine rings is 1. The predicted molar refractivity (Wildman–Crippen MR) is 67.3 cm³/mol. The average Bonchev–Trinajstić information content (AvgIpc) is 2.82. The molecule has 3 heterocycles. The number of nitrogens with one attached hydrogen (secondary N) is 1. The van der Waals surface area contributed by atoms with Gasteiger partial charge in [-0.3, -0.25) is 9.89 Å². The SMILES string of the molecule is CN1CCN(C(=O)c2[nH]nc3ncccc23)CC1. The second-order valence-electron chi connectivity index (χ2n) is 4.57. The Bertz CT molecular complexity index is 571. The molecule has 94 valence electrons. The van der Waals surface area contributed by atoms with Gasteiger partial charge in [0, 0.05) is 32.4 Å². The number of hydrogen-bond acceptors (Lipinski definition) is 4. The molecule has 0 aromatic carbocycles. The van der Waals surface area contributed by atoms with Gasteiger partial charge >= 0.3 is 0 Å². The molecule has 1 aliphatic rings. The molecule has 0 saturated carbocycles. The molecular formula is C12H15N5O. The van der Waals surface area contributed by atoms with Gasteiger partial charge in [0.25, 0.3) is 5.91 Å². The lowest BCUT2D eigenvalue weighted by Crippen LogP contribution is -2.47. The molecule has 1 aliphatic heterocycles. The quantitative estimate of drug-likeness (QED) is 0.787. The lowest BCUT2D eigenvalue weighted by Gasteiger charge is -2.32. The average molecular weight is 245 g/mol. The predicted octanol–water partition coefficient (Wildman–Crippen LogP) is 0.345. The molecule has 1 fully saturated rings. The fourth-order valence-corrected chi connectivity index (χ4v) is 2.18. The van der Waals surface area contributed by atoms with E-state index in [2.05, 4.69) is 27.1 Å². The molecule has 0 bridgehead atoms. The number of carbonyl (C=O) groups excluding carboxylic acids is 1. The van der Waals surface area contributed by atoms with E-state index < -0.39 is 0 Å². The largest absolute Gasteiger partial charge is 0.335 e. The van der Waals surface area contributed by atoms with Crippen molar-refractivity contribution in [3.63, 3.8) is 0 Å². The Balaban J connectivity index is 1.88. The van der Waals surface area contributed by atoms with Gasteiger partial charge in [-0.15, -0.1) is 0 Å². The van der Waals surface area contributed by atoms with E-state index in [1.807, 2.05) is 17.0 Å². The summed E-state index contributed by atoms with van der Waals surface area (Å²) >= 11 is 0. The zero-order valence-corrected chi connectivity index (χ0v) is 10.3. The Morgan fingerprint density at radius 1 is 1.33 bits per heavy atom. The lowest BCUT2D eigenvalue weighted by molar-refractivity contribution is 0.0660. The summed E-state index contributed by atoms with van der Waals surface area (Å²) in [5.74, 6) is 0.0126. The standard InChI is InChI=1S/C12H15N5O/c1-16-5-7-17(8-6-16)12(18)10-9-3-2-4-13-11(9)15-14-10/h2-4H,5-8H2,1H3,(H,13,14,15). The van der Waals surface area contributed by atoms with Crippen molar-refractivity contribution < 1.29 is 4.79 Å². The van der Waals surface area contributed by atoms with Crippen LogP contribution in [0.5, 0.6) is 0 Å². The van der Waals surface area contributed by atoms with Crippen LogP contribution in [0, 0.1) is 0 Å². The highest BCUT2D eigenvalue weighted by atomic mass is 16.2. The Morgan fingerprint density at radius 3 is 2.89 bits per heavy atom. The third-order valence-corrected chi connectivity index (χ3v) is 3.33. The van der Waals surface area contributed by atoms with Crippen LogP contribution >= 0.6 is 0 Å². The van der Waals surface area contributed by atoms with E-state index in [4.69, 9.17) is 0 Å². The van der Waals surface area contributed by atoms with Crippen molar-refractivity contribution in [3.05, 3.63) is 24.0 Å². The Morgan fingerprint density at radius 2 is 2.11 bits per heavy atom. The van der Waals surface area contributed by atoms with Crippen LogP contribution in [-0.2, 0) is 0 Å². The first-order valence-corrected chi connectivity index (χ1v) is 6.02. The number of fused-ring (bicyclic) bond motifs is 1. The number of hydrogen-bond donors (Lipinski definition) is 1. The first-order chi connectivity index (χ1) is 8.75. The number of aromatic amines is 1. The molecule has 0 spiro atoms. The van der Waals surface area contributed by atoms with Crippen molar-refractivity contribution in [1.82, 2.24) is 25.0 Å². The second kappa shape index (κ2) is 4.38. The zero-order chi connectivity index (χ0) is 12.5. The second-order valence-corrected chi connectivity index (χ2v) is 4.57. The maximum atomic E-state index is 12.4. The van der Waals surface area contributed by atoms with Crippen LogP contribution in [0.1, 0.15) is 10.5 Å². The Hall–Kier alpha value is -1.95. The number of likely N-dealkylation sites (N-methyl/N-ethyl adjacent to an activating group) is 1. The number of nitrogens with zero attached hydrogens (tertiary/aromatic N) is 4. The summed E-state index contributed by atoms with van der Waals surface area (Å²) in [6.45, 7) is 3.35. The number of rotatable bonds is 1. The highest BCUT2D eigenvalue weighted by Crippen LogP contribution is 2.15. The maximum absolute atomic E-state index is 12.4. The minimum absolute atomic E-state index is 0.0126. The summed E-state index contributed by atoms with van der Waals surface area (Å²) < 4.78 is 0. The van der Waals surface area contributed by atoms with E-state index in [1.165, 1.54) is 0 Å². The molecule has 1 saturated heterocycles. The third-order valence-electron chi connectivity index (χ3n) is 3.33. The van der Waals surface area contributed by atoms with Crippen LogP contribution in [-0.4, -0.2) is 64.1 Å². The number of carbonyl (C=O) groups is 1. The van der Waals surface area contributed by atoms with E-state index in [-0.39, 0.29) is 5.91 Å². The summed E-state index contributed by atoms with van der Waals surface area (Å²) in [5, 5.41) is 7.65. The van der Waals surface area contributed by atoms with Crippen molar-refractivity contribution in [1.29, 1.82) is 0 Å². The summed E-state index contributed by atoms with van der Waals surface area (Å²) in [4.78, 5) is 20.6. The fraction of sp³-hybridized carbons (Fsp3) is 0.417. The molecular weight excluding hydrogens is 230 g/mol. The molecule has 0 radical (unpaired) electrons. The highest BCUT2D eigenvalue weighted by molar-refractivity contribution is 6.03. The molecule has 2 aromatic heterocycles. The van der Waals surface area contributed by atoms with Crippen molar-refractivity contribution >= 4 is 16.9 Å². The molecule has 1 amide bonds. The normalized spacial score (nSPS) is 17.3. The summed E-state index contributed by atoms with van der Waals surface area (Å²) in [6.07, 6.45) is 1.67. The molecule has 0 atom stereocenters. The van der Waals surface area contributed by atoms with Crippen LogP contribution in [0.15, 0.2) is 18.3 Å². The maximum Gasteiger partial charge on any atom is 0.272 e. The monoisotopic (exact) mass is 245 g/mol. The van der Waals surface area contributed by atoms with Crippen molar-refractivity contribution in [2.24, 2.45) is 0 Å². The molecule has 2 aromatic rings. The van der Waals surface area contributed by atoms with Crippen molar-refractivity contribution in [3.8, 4) is 0 Å². The van der Waals surface area contributed by atoms with E-state index in [9.17, 15) is 4.79 Å². The summed E-state index contributed by atoms with van der Waals surface area (Å²) in [6, 6.07) is 3.69. The van der Waals surface area contributed by atoms with Gasteiger partial charge in [0.05, 0.1) is 5.39 Å². The highest BCUT2D eigenvalue weighted by Gasteiger charge is 2.23. The van der Waals surface area contributed by atoms with Crippen LogP contribution < -0.4 is 0 Å². The van der Waals surface area contributed by atoms with Gasteiger partial charge in [0.15, 0.2) is 5.65 Å². The van der Waals surface area contributed by atoms with Gasteiger partial charge in [-0.25, -0.2) is 4.98 Å². The topological polar surface area (TPSA) is 65.1 Å². The lowest BCUT2D eigenvalue weighted by atomic mass is 10.2. The van der Waals surface area contributed by atoms with Gasteiger partial charge in [-0.2, -0.15) is 5.10 Å². The number of aromatic nitrogens is 3. The van der Waals surface area contributed by atoms with E-state index in [1.54, 1.807) is 6.20 Å². The molecule has 0 unspecified atom stereocenters. The number of H-pyrrole nitrogens is 1. The van der Waals surface area contributed by atoms with E-state index in [0.29, 0.717) is 11.3 Å². The Labute approximate surface area is 105 Å². The van der Waals surface area contributed by atoms with Gasteiger partial charge < -0.3 is 9.80 Å². The number of amides is 1. The van der Waals surface area contributed by atoms with Crippen LogP contribution in [0.2, 0.25) is 0 Å².